The van der Waals surface area contributed by atoms with Gasteiger partial charge in [-0.2, -0.15) is 5.10 Å². The molecule has 8 heteroatoms. The number of methoxy groups -OCH3 is 1. The number of carboxylic acid groups (broad SMARTS) is 1. The Labute approximate surface area is 174 Å². The Balaban J connectivity index is 1.53. The number of aromatic carboxylic acids is 1. The number of hydrazone groups is 1. The molecule has 8 nitrogen and oxygen atoms in total. The van der Waals surface area contributed by atoms with Crippen LogP contribution >= 0.6 is 0 Å². The predicted octanol–water partition coefficient (Wildman–Crippen LogP) is 2.40. The molecule has 2 aromatic rings. The lowest BCUT2D eigenvalue weighted by atomic mass is 9.95. The van der Waals surface area contributed by atoms with E-state index in [2.05, 4.69) is 10.5 Å². The van der Waals surface area contributed by atoms with Crippen molar-refractivity contribution in [1.29, 1.82) is 0 Å². The second kappa shape index (κ2) is 9.69. The maximum atomic E-state index is 12.7. The van der Waals surface area contributed by atoms with E-state index in [4.69, 9.17) is 4.74 Å². The van der Waals surface area contributed by atoms with Crippen LogP contribution in [0.1, 0.15) is 39.1 Å². The summed E-state index contributed by atoms with van der Waals surface area (Å²) in [5.41, 5.74) is 3.55. The molecule has 0 atom stereocenters. The second-order valence-electron chi connectivity index (χ2n) is 6.93. The Kier molecular flexibility index (Phi) is 6.79. The smallest absolute Gasteiger partial charge is 0.336 e. The van der Waals surface area contributed by atoms with Gasteiger partial charge in [0.15, 0.2) is 0 Å². The number of rotatable bonds is 6. The van der Waals surface area contributed by atoms with E-state index in [1.54, 1.807) is 54.5 Å². The number of hydrogen-bond acceptors (Lipinski definition) is 5. The van der Waals surface area contributed by atoms with Crippen molar-refractivity contribution in [3.05, 3.63) is 65.2 Å². The molecule has 0 unspecified atom stereocenters. The lowest BCUT2D eigenvalue weighted by molar-refractivity contribution is -0.126. The number of ether oxygens (including phenoxy) is 1. The summed E-state index contributed by atoms with van der Waals surface area (Å²) in [6, 6.07) is 13.4. The zero-order chi connectivity index (χ0) is 21.5. The Morgan fingerprint density at radius 3 is 2.57 bits per heavy atom. The van der Waals surface area contributed by atoms with Gasteiger partial charge in [-0.3, -0.25) is 9.59 Å². The largest absolute Gasteiger partial charge is 0.497 e. The molecule has 156 valence electrons. The first-order chi connectivity index (χ1) is 14.5. The van der Waals surface area contributed by atoms with Crippen LogP contribution in [0.3, 0.4) is 0 Å². The molecule has 0 bridgehead atoms. The van der Waals surface area contributed by atoms with E-state index in [0.29, 0.717) is 42.8 Å². The van der Waals surface area contributed by atoms with Crippen LogP contribution < -0.4 is 10.2 Å². The summed E-state index contributed by atoms with van der Waals surface area (Å²) >= 11 is 0. The third-order valence-electron chi connectivity index (χ3n) is 5.04. The zero-order valence-corrected chi connectivity index (χ0v) is 16.6. The van der Waals surface area contributed by atoms with Crippen LogP contribution in [-0.4, -0.2) is 54.2 Å². The fourth-order valence-electron chi connectivity index (χ4n) is 3.34. The molecule has 0 saturated carbocycles. The van der Waals surface area contributed by atoms with E-state index in [-0.39, 0.29) is 23.3 Å². The van der Waals surface area contributed by atoms with Gasteiger partial charge in [-0.25, -0.2) is 10.2 Å². The second-order valence-corrected chi connectivity index (χ2v) is 6.93. The minimum Gasteiger partial charge on any atom is -0.497 e. The standard InChI is InChI=1S/C22H23N3O5/c1-30-18-7-4-6-16(13-18)21(27)25-11-9-15(10-12-25)20(26)24-23-14-17-5-2-3-8-19(17)22(28)29/h2-8,13-15H,9-12H2,1H3,(H,24,26)(H,28,29)/b23-14+. The van der Waals surface area contributed by atoms with E-state index < -0.39 is 5.97 Å². The van der Waals surface area contributed by atoms with Gasteiger partial charge in [0.25, 0.3) is 5.91 Å². The third kappa shape index (κ3) is 5.02. The number of piperidine rings is 1. The molecular formula is C22H23N3O5. The lowest BCUT2D eigenvalue weighted by Gasteiger charge is -2.31. The Bertz CT molecular complexity index is 965. The summed E-state index contributed by atoms with van der Waals surface area (Å²) in [5, 5.41) is 13.1. The van der Waals surface area contributed by atoms with Crippen LogP contribution in [0.4, 0.5) is 0 Å². The number of nitrogens with zero attached hydrogens (tertiary/aromatic N) is 2. The van der Waals surface area contributed by atoms with E-state index in [9.17, 15) is 19.5 Å². The summed E-state index contributed by atoms with van der Waals surface area (Å²) in [4.78, 5) is 38.0. The van der Waals surface area contributed by atoms with Crippen molar-refractivity contribution in [1.82, 2.24) is 10.3 Å². The fourth-order valence-corrected chi connectivity index (χ4v) is 3.34. The lowest BCUT2D eigenvalue weighted by Crippen LogP contribution is -2.42. The first-order valence-corrected chi connectivity index (χ1v) is 9.58. The monoisotopic (exact) mass is 409 g/mol. The highest BCUT2D eigenvalue weighted by Crippen LogP contribution is 2.21. The molecule has 30 heavy (non-hydrogen) atoms. The molecule has 1 aliphatic rings. The van der Waals surface area contributed by atoms with Crippen molar-refractivity contribution >= 4 is 24.0 Å². The van der Waals surface area contributed by atoms with Gasteiger partial charge in [0.2, 0.25) is 5.91 Å². The van der Waals surface area contributed by atoms with Gasteiger partial charge in [-0.1, -0.05) is 24.3 Å². The van der Waals surface area contributed by atoms with E-state index in [0.717, 1.165) is 0 Å². The van der Waals surface area contributed by atoms with Crippen LogP contribution in [0.25, 0.3) is 0 Å². The number of likely N-dealkylation sites (tertiary alicyclic amines) is 1. The van der Waals surface area contributed by atoms with Crippen LogP contribution in [-0.2, 0) is 4.79 Å². The van der Waals surface area contributed by atoms with Gasteiger partial charge in [-0.15, -0.1) is 0 Å². The summed E-state index contributed by atoms with van der Waals surface area (Å²) in [7, 11) is 1.55. The van der Waals surface area contributed by atoms with Crippen LogP contribution in [0.5, 0.6) is 5.75 Å². The number of amides is 2. The molecule has 1 heterocycles. The van der Waals surface area contributed by atoms with Crippen LogP contribution in [0, 0.1) is 5.92 Å². The molecule has 1 saturated heterocycles. The van der Waals surface area contributed by atoms with Gasteiger partial charge in [-0.05, 0) is 37.1 Å². The van der Waals surface area contributed by atoms with Gasteiger partial charge >= 0.3 is 5.97 Å². The molecule has 1 aliphatic heterocycles. The highest BCUT2D eigenvalue weighted by atomic mass is 16.5. The quantitative estimate of drug-likeness (QED) is 0.563. The molecule has 0 aliphatic carbocycles. The van der Waals surface area contributed by atoms with E-state index >= 15 is 0 Å². The number of nitrogens with one attached hydrogen (secondary N) is 1. The number of carbonyl (C=O) groups is 3. The number of carboxylic acids is 1. The molecule has 0 spiro atoms. The van der Waals surface area contributed by atoms with Crippen molar-refractivity contribution in [3.8, 4) is 5.75 Å². The minimum absolute atomic E-state index is 0.0870. The summed E-state index contributed by atoms with van der Waals surface area (Å²) in [6.07, 6.45) is 2.38. The molecular weight excluding hydrogens is 386 g/mol. The maximum absolute atomic E-state index is 12.7. The summed E-state index contributed by atoms with van der Waals surface area (Å²) < 4.78 is 5.16. The molecule has 0 radical (unpaired) electrons. The van der Waals surface area contributed by atoms with Gasteiger partial charge in [0.1, 0.15) is 5.75 Å². The highest BCUT2D eigenvalue weighted by molar-refractivity contribution is 5.98. The molecule has 2 aromatic carbocycles. The van der Waals surface area contributed by atoms with Gasteiger partial charge < -0.3 is 14.7 Å². The SMILES string of the molecule is COc1cccc(C(=O)N2CCC(C(=O)N/N=C/c3ccccc3C(=O)O)CC2)c1. The first kappa shape index (κ1) is 21.0. The molecule has 2 amide bonds. The van der Waals surface area contributed by atoms with Gasteiger partial charge in [0.05, 0.1) is 18.9 Å². The van der Waals surface area contributed by atoms with E-state index in [1.807, 2.05) is 0 Å². The zero-order valence-electron chi connectivity index (χ0n) is 16.6. The Morgan fingerprint density at radius 1 is 1.13 bits per heavy atom. The predicted molar refractivity (Wildman–Crippen MR) is 111 cm³/mol. The molecule has 3 rings (SSSR count). The fraction of sp³-hybridized carbons (Fsp3) is 0.273. The summed E-state index contributed by atoms with van der Waals surface area (Å²) in [6.45, 7) is 0.944. The van der Waals surface area contributed by atoms with Crippen LogP contribution in [0.2, 0.25) is 0 Å². The first-order valence-electron chi connectivity index (χ1n) is 9.58. The van der Waals surface area contributed by atoms with Crippen molar-refractivity contribution < 1.29 is 24.2 Å². The number of carbonyl (C=O) groups excluding carboxylic acids is 2. The molecule has 2 N–H and O–H groups in total. The Morgan fingerprint density at radius 2 is 1.87 bits per heavy atom. The topological polar surface area (TPSA) is 108 Å². The van der Waals surface area contributed by atoms with Crippen molar-refractivity contribution in [2.24, 2.45) is 11.0 Å². The average molecular weight is 409 g/mol. The Hall–Kier alpha value is -3.68. The number of hydrogen-bond donors (Lipinski definition) is 2. The molecule has 0 aromatic heterocycles. The maximum Gasteiger partial charge on any atom is 0.336 e. The number of benzene rings is 2. The van der Waals surface area contributed by atoms with Crippen molar-refractivity contribution in [2.75, 3.05) is 20.2 Å². The third-order valence-corrected chi connectivity index (χ3v) is 5.04. The minimum atomic E-state index is -1.06. The van der Waals surface area contributed by atoms with Crippen LogP contribution in [0.15, 0.2) is 53.6 Å². The van der Waals surface area contributed by atoms with Crippen molar-refractivity contribution in [3.63, 3.8) is 0 Å². The average Bonchev–Trinajstić information content (AvgIpc) is 2.78. The normalized spacial score (nSPS) is 14.5. The van der Waals surface area contributed by atoms with Gasteiger partial charge in [0, 0.05) is 30.1 Å². The van der Waals surface area contributed by atoms with Crippen molar-refractivity contribution in [2.45, 2.75) is 12.8 Å². The summed E-state index contributed by atoms with van der Waals surface area (Å²) in [5.74, 6) is -1.02. The highest BCUT2D eigenvalue weighted by Gasteiger charge is 2.27. The van der Waals surface area contributed by atoms with E-state index in [1.165, 1.54) is 12.3 Å². The molecule has 1 fully saturated rings.